The van der Waals surface area contributed by atoms with Gasteiger partial charge in [0.15, 0.2) is 0 Å². The number of nitrogens with one attached hydrogen (secondary N) is 1. The van der Waals surface area contributed by atoms with E-state index >= 15 is 0 Å². The summed E-state index contributed by atoms with van der Waals surface area (Å²) in [6, 6.07) is 0.307. The fourth-order valence-corrected chi connectivity index (χ4v) is 2.07. The first-order valence-corrected chi connectivity index (χ1v) is 7.30. The van der Waals surface area contributed by atoms with Crippen LogP contribution in [0.5, 0.6) is 0 Å². The SMILES string of the molecule is CC(C)C(C)Nc1cnn(CC2CC2)c(=O)c1Br. The van der Waals surface area contributed by atoms with Crippen molar-refractivity contribution in [1.29, 1.82) is 0 Å². The van der Waals surface area contributed by atoms with Crippen molar-refractivity contribution in [2.24, 2.45) is 11.8 Å². The van der Waals surface area contributed by atoms with Crippen LogP contribution in [0.1, 0.15) is 33.6 Å². The number of hydrogen-bond acceptors (Lipinski definition) is 3. The molecule has 0 amide bonds. The summed E-state index contributed by atoms with van der Waals surface area (Å²) in [4.78, 5) is 12.1. The minimum atomic E-state index is -0.0390. The maximum Gasteiger partial charge on any atom is 0.283 e. The predicted molar refractivity (Wildman–Crippen MR) is 76.8 cm³/mol. The topological polar surface area (TPSA) is 46.9 Å². The molecule has 18 heavy (non-hydrogen) atoms. The van der Waals surface area contributed by atoms with Gasteiger partial charge < -0.3 is 5.32 Å². The van der Waals surface area contributed by atoms with Gasteiger partial charge in [-0.15, -0.1) is 0 Å². The van der Waals surface area contributed by atoms with Gasteiger partial charge in [0.2, 0.25) is 0 Å². The number of nitrogens with zero attached hydrogens (tertiary/aromatic N) is 2. The number of rotatable bonds is 5. The van der Waals surface area contributed by atoms with E-state index in [2.05, 4.69) is 47.1 Å². The van der Waals surface area contributed by atoms with Gasteiger partial charge in [0.05, 0.1) is 11.9 Å². The molecule has 1 atom stereocenters. The molecule has 1 unspecified atom stereocenters. The first-order chi connectivity index (χ1) is 8.49. The normalized spacial score (nSPS) is 16.9. The number of anilines is 1. The van der Waals surface area contributed by atoms with Gasteiger partial charge in [0, 0.05) is 12.6 Å². The Hall–Kier alpha value is -0.840. The van der Waals surface area contributed by atoms with E-state index in [-0.39, 0.29) is 5.56 Å². The molecule has 1 aliphatic rings. The van der Waals surface area contributed by atoms with Crippen molar-refractivity contribution in [1.82, 2.24) is 9.78 Å². The lowest BCUT2D eigenvalue weighted by molar-refractivity contribution is 0.528. The van der Waals surface area contributed by atoms with E-state index in [0.29, 0.717) is 22.4 Å². The van der Waals surface area contributed by atoms with E-state index in [9.17, 15) is 4.79 Å². The maximum atomic E-state index is 12.1. The summed E-state index contributed by atoms with van der Waals surface area (Å²) >= 11 is 3.38. The van der Waals surface area contributed by atoms with Crippen LogP contribution in [0.4, 0.5) is 5.69 Å². The van der Waals surface area contributed by atoms with Crippen LogP contribution in [0.25, 0.3) is 0 Å². The van der Waals surface area contributed by atoms with Gasteiger partial charge in [0.1, 0.15) is 4.47 Å². The molecule has 2 rings (SSSR count). The van der Waals surface area contributed by atoms with Gasteiger partial charge in [-0.1, -0.05) is 13.8 Å². The van der Waals surface area contributed by atoms with Crippen molar-refractivity contribution >= 4 is 21.6 Å². The van der Waals surface area contributed by atoms with Gasteiger partial charge in [-0.25, -0.2) is 4.68 Å². The van der Waals surface area contributed by atoms with Crippen molar-refractivity contribution in [2.75, 3.05) is 5.32 Å². The molecule has 0 spiro atoms. The molecular weight excluding hydrogens is 294 g/mol. The van der Waals surface area contributed by atoms with Crippen LogP contribution in [-0.4, -0.2) is 15.8 Å². The lowest BCUT2D eigenvalue weighted by atomic mass is 10.1. The zero-order chi connectivity index (χ0) is 13.3. The Morgan fingerprint density at radius 2 is 2.17 bits per heavy atom. The molecule has 1 aliphatic carbocycles. The fourth-order valence-electron chi connectivity index (χ4n) is 1.65. The predicted octanol–water partition coefficient (Wildman–Crippen LogP) is 2.87. The lowest BCUT2D eigenvalue weighted by Crippen LogP contribution is -2.28. The molecule has 1 aromatic rings. The number of halogens is 1. The highest BCUT2D eigenvalue weighted by atomic mass is 79.9. The third kappa shape index (κ3) is 3.13. The summed E-state index contributed by atoms with van der Waals surface area (Å²) in [5, 5.41) is 7.57. The standard InChI is InChI=1S/C13H20BrN3O/c1-8(2)9(3)16-11-6-15-17(7-10-4-5-10)13(18)12(11)14/h6,8-10,16H,4-5,7H2,1-3H3. The summed E-state index contributed by atoms with van der Waals surface area (Å²) in [6.45, 7) is 7.14. The third-order valence-electron chi connectivity index (χ3n) is 3.50. The first-order valence-electron chi connectivity index (χ1n) is 6.51. The fraction of sp³-hybridized carbons (Fsp3) is 0.692. The van der Waals surface area contributed by atoms with E-state index in [1.165, 1.54) is 12.8 Å². The summed E-state index contributed by atoms with van der Waals surface area (Å²) in [5.41, 5.74) is 0.746. The van der Waals surface area contributed by atoms with E-state index in [0.717, 1.165) is 12.2 Å². The average molecular weight is 314 g/mol. The molecule has 1 heterocycles. The molecule has 1 fully saturated rings. The lowest BCUT2D eigenvalue weighted by Gasteiger charge is -2.19. The van der Waals surface area contributed by atoms with Crippen LogP contribution in [0.2, 0.25) is 0 Å². The van der Waals surface area contributed by atoms with Crippen molar-refractivity contribution < 1.29 is 0 Å². The second-order valence-electron chi connectivity index (χ2n) is 5.48. The van der Waals surface area contributed by atoms with E-state index in [1.54, 1.807) is 10.9 Å². The molecule has 4 nitrogen and oxygen atoms in total. The molecule has 0 aliphatic heterocycles. The second kappa shape index (κ2) is 5.43. The minimum absolute atomic E-state index is 0.0390. The second-order valence-corrected chi connectivity index (χ2v) is 6.27. The molecule has 0 aromatic carbocycles. The zero-order valence-corrected chi connectivity index (χ0v) is 12.7. The van der Waals surface area contributed by atoms with Crippen molar-refractivity contribution in [3.8, 4) is 0 Å². The van der Waals surface area contributed by atoms with E-state index in [4.69, 9.17) is 0 Å². The van der Waals surface area contributed by atoms with Gasteiger partial charge in [0.25, 0.3) is 5.56 Å². The van der Waals surface area contributed by atoms with Crippen molar-refractivity contribution in [3.63, 3.8) is 0 Å². The highest BCUT2D eigenvalue weighted by Crippen LogP contribution is 2.30. The summed E-state index contributed by atoms with van der Waals surface area (Å²) in [7, 11) is 0. The Kier molecular flexibility index (Phi) is 4.10. The Balaban J connectivity index is 2.17. The highest BCUT2D eigenvalue weighted by molar-refractivity contribution is 9.10. The van der Waals surface area contributed by atoms with Crippen LogP contribution in [0.3, 0.4) is 0 Å². The zero-order valence-electron chi connectivity index (χ0n) is 11.1. The molecule has 5 heteroatoms. The van der Waals surface area contributed by atoms with Gasteiger partial charge >= 0.3 is 0 Å². The third-order valence-corrected chi connectivity index (χ3v) is 4.26. The van der Waals surface area contributed by atoms with E-state index < -0.39 is 0 Å². The minimum Gasteiger partial charge on any atom is -0.380 e. The van der Waals surface area contributed by atoms with Crippen molar-refractivity contribution in [3.05, 3.63) is 21.0 Å². The van der Waals surface area contributed by atoms with Crippen LogP contribution < -0.4 is 10.9 Å². The molecule has 0 bridgehead atoms. The molecule has 100 valence electrons. The number of aromatic nitrogens is 2. The smallest absolute Gasteiger partial charge is 0.283 e. The summed E-state index contributed by atoms with van der Waals surface area (Å²) in [6.07, 6.45) is 4.18. The molecular formula is C13H20BrN3O. The number of hydrogen-bond donors (Lipinski definition) is 1. The van der Waals surface area contributed by atoms with Gasteiger partial charge in [-0.2, -0.15) is 5.10 Å². The van der Waals surface area contributed by atoms with Crippen LogP contribution >= 0.6 is 15.9 Å². The Morgan fingerprint density at radius 3 is 2.72 bits per heavy atom. The Labute approximate surface area is 116 Å². The first kappa shape index (κ1) is 13.6. The van der Waals surface area contributed by atoms with Crippen LogP contribution in [-0.2, 0) is 6.54 Å². The highest BCUT2D eigenvalue weighted by Gasteiger charge is 2.23. The summed E-state index contributed by atoms with van der Waals surface area (Å²) < 4.78 is 2.15. The Morgan fingerprint density at radius 1 is 1.50 bits per heavy atom. The molecule has 1 aromatic heterocycles. The molecule has 1 N–H and O–H groups in total. The van der Waals surface area contributed by atoms with Gasteiger partial charge in [-0.05, 0) is 47.5 Å². The average Bonchev–Trinajstić information content (AvgIpc) is 3.12. The molecule has 1 saturated carbocycles. The summed E-state index contributed by atoms with van der Waals surface area (Å²) in [5.74, 6) is 1.15. The monoisotopic (exact) mass is 313 g/mol. The largest absolute Gasteiger partial charge is 0.380 e. The maximum absolute atomic E-state index is 12.1. The molecule has 0 radical (unpaired) electrons. The van der Waals surface area contributed by atoms with Crippen molar-refractivity contribution in [2.45, 2.75) is 46.2 Å². The van der Waals surface area contributed by atoms with Crippen LogP contribution in [0.15, 0.2) is 15.5 Å². The quantitative estimate of drug-likeness (QED) is 0.909. The van der Waals surface area contributed by atoms with E-state index in [1.807, 2.05) is 0 Å². The molecule has 0 saturated heterocycles. The van der Waals surface area contributed by atoms with Crippen LogP contribution in [0, 0.1) is 11.8 Å². The van der Waals surface area contributed by atoms with Gasteiger partial charge in [-0.3, -0.25) is 4.79 Å². The Bertz CT molecular complexity index is 480.